The van der Waals surface area contributed by atoms with Crippen LogP contribution in [-0.2, 0) is 14.3 Å². The fourth-order valence-corrected chi connectivity index (χ4v) is 7.44. The molecule has 0 aromatic rings. The van der Waals surface area contributed by atoms with Gasteiger partial charge in [0.25, 0.3) is 0 Å². The van der Waals surface area contributed by atoms with Crippen molar-refractivity contribution in [2.24, 2.45) is 0 Å². The number of allylic oxidation sites excluding steroid dienone is 2. The van der Waals surface area contributed by atoms with Crippen molar-refractivity contribution in [3.05, 3.63) is 12.2 Å². The van der Waals surface area contributed by atoms with E-state index in [1.807, 2.05) is 0 Å². The molecule has 332 valence electrons. The lowest BCUT2D eigenvalue weighted by Crippen LogP contribution is -2.60. The summed E-state index contributed by atoms with van der Waals surface area (Å²) in [5.74, 6) is -0.706. The van der Waals surface area contributed by atoms with Crippen LogP contribution in [0.25, 0.3) is 0 Å². The normalized spacial score (nSPS) is 22.3. The van der Waals surface area contributed by atoms with Crippen LogP contribution in [-0.4, -0.2) is 110 Å². The lowest BCUT2D eigenvalue weighted by Gasteiger charge is -2.40. The molecule has 0 aromatic heterocycles. The summed E-state index contributed by atoms with van der Waals surface area (Å²) in [5.41, 5.74) is 0. The molecule has 11 heteroatoms. The minimum Gasteiger partial charge on any atom is -0.394 e. The van der Waals surface area contributed by atoms with Gasteiger partial charge in [-0.05, 0) is 38.5 Å². The second-order valence-electron chi connectivity index (χ2n) is 16.5. The number of ether oxygens (including phenoxy) is 2. The molecule has 1 heterocycles. The molecule has 11 nitrogen and oxygen atoms in total. The van der Waals surface area contributed by atoms with Gasteiger partial charge in [0, 0.05) is 0 Å². The molecule has 8 N–H and O–H groups in total. The van der Waals surface area contributed by atoms with Crippen LogP contribution in [0.4, 0.5) is 0 Å². The predicted octanol–water partition coefficient (Wildman–Crippen LogP) is 7.28. The van der Waals surface area contributed by atoms with Crippen LogP contribution in [0.1, 0.15) is 200 Å². The number of nitrogens with one attached hydrogen (secondary N) is 1. The maximum absolute atomic E-state index is 13.0. The van der Waals surface area contributed by atoms with Crippen molar-refractivity contribution in [3.63, 3.8) is 0 Å². The molecule has 0 aliphatic carbocycles. The quantitative estimate of drug-likeness (QED) is 0.0233. The van der Waals surface area contributed by atoms with Crippen molar-refractivity contribution >= 4 is 5.91 Å². The SMILES string of the molecule is CCCCCCCCCCCCCC/C=C/CCCC(O)C(O)C(COC1OC(CO)C(O)C(O)C1O)NC(=O)C(O)CCCCCCCCCCCCCC. The lowest BCUT2D eigenvalue weighted by atomic mass is 9.98. The predicted molar refractivity (Wildman–Crippen MR) is 224 cm³/mol. The maximum Gasteiger partial charge on any atom is 0.249 e. The molecule has 56 heavy (non-hydrogen) atoms. The van der Waals surface area contributed by atoms with Gasteiger partial charge < -0.3 is 50.5 Å². The van der Waals surface area contributed by atoms with Gasteiger partial charge in [0.1, 0.15) is 36.6 Å². The monoisotopic (exact) mass is 802 g/mol. The molecule has 1 rings (SSSR count). The zero-order chi connectivity index (χ0) is 41.2. The lowest BCUT2D eigenvalue weighted by molar-refractivity contribution is -0.303. The number of hydrogen-bond acceptors (Lipinski definition) is 10. The first kappa shape index (κ1) is 52.9. The average molecular weight is 802 g/mol. The number of hydrogen-bond donors (Lipinski definition) is 8. The molecular formula is C45H87NO10. The smallest absolute Gasteiger partial charge is 0.249 e. The summed E-state index contributed by atoms with van der Waals surface area (Å²) in [4.78, 5) is 13.0. The zero-order valence-electron chi connectivity index (χ0n) is 35.6. The summed E-state index contributed by atoms with van der Waals surface area (Å²) in [6.45, 7) is 3.42. The van der Waals surface area contributed by atoms with E-state index in [4.69, 9.17) is 9.47 Å². The van der Waals surface area contributed by atoms with Crippen molar-refractivity contribution in [1.82, 2.24) is 5.32 Å². The molecule has 0 radical (unpaired) electrons. The van der Waals surface area contributed by atoms with E-state index >= 15 is 0 Å². The van der Waals surface area contributed by atoms with Gasteiger partial charge in [0.2, 0.25) is 5.91 Å². The highest BCUT2D eigenvalue weighted by Gasteiger charge is 2.44. The molecule has 9 atom stereocenters. The fraction of sp³-hybridized carbons (Fsp3) is 0.933. The van der Waals surface area contributed by atoms with E-state index < -0.39 is 74.2 Å². The minimum atomic E-state index is -1.66. The molecule has 0 aromatic carbocycles. The Hall–Kier alpha value is -1.15. The molecule has 9 unspecified atom stereocenters. The van der Waals surface area contributed by atoms with Gasteiger partial charge in [-0.25, -0.2) is 0 Å². The molecule has 1 amide bonds. The van der Waals surface area contributed by atoms with Crippen LogP contribution in [0, 0.1) is 0 Å². The molecule has 0 spiro atoms. The first-order chi connectivity index (χ1) is 27.2. The van der Waals surface area contributed by atoms with Crippen LogP contribution >= 0.6 is 0 Å². The van der Waals surface area contributed by atoms with E-state index in [0.29, 0.717) is 12.8 Å². The van der Waals surface area contributed by atoms with Crippen LogP contribution in [0.15, 0.2) is 12.2 Å². The largest absolute Gasteiger partial charge is 0.394 e. The third kappa shape index (κ3) is 25.4. The highest BCUT2D eigenvalue weighted by atomic mass is 16.7. The van der Waals surface area contributed by atoms with Gasteiger partial charge in [0.15, 0.2) is 6.29 Å². The number of unbranched alkanes of at least 4 members (excludes halogenated alkanes) is 24. The van der Waals surface area contributed by atoms with Crippen molar-refractivity contribution < 1.29 is 50.0 Å². The summed E-state index contributed by atoms with van der Waals surface area (Å²) >= 11 is 0. The van der Waals surface area contributed by atoms with Crippen molar-refractivity contribution in [2.75, 3.05) is 13.2 Å². The Morgan fingerprint density at radius 2 is 1.05 bits per heavy atom. The van der Waals surface area contributed by atoms with Crippen molar-refractivity contribution in [2.45, 2.75) is 255 Å². The third-order valence-electron chi connectivity index (χ3n) is 11.3. The van der Waals surface area contributed by atoms with Gasteiger partial charge >= 0.3 is 0 Å². The zero-order valence-corrected chi connectivity index (χ0v) is 35.6. The minimum absolute atomic E-state index is 0.258. The molecule has 1 aliphatic rings. The maximum atomic E-state index is 13.0. The van der Waals surface area contributed by atoms with Gasteiger partial charge in [-0.3, -0.25) is 4.79 Å². The van der Waals surface area contributed by atoms with E-state index in [1.54, 1.807) is 0 Å². The van der Waals surface area contributed by atoms with Crippen LogP contribution in [0.2, 0.25) is 0 Å². The number of carbonyl (C=O) groups excluding carboxylic acids is 1. The number of amides is 1. The summed E-state index contributed by atoms with van der Waals surface area (Å²) in [5, 5.41) is 75.5. The topological polar surface area (TPSA) is 189 Å². The van der Waals surface area contributed by atoms with Gasteiger partial charge in [-0.15, -0.1) is 0 Å². The van der Waals surface area contributed by atoms with Crippen LogP contribution < -0.4 is 5.32 Å². The van der Waals surface area contributed by atoms with Gasteiger partial charge in [-0.2, -0.15) is 0 Å². The van der Waals surface area contributed by atoms with Crippen molar-refractivity contribution in [1.29, 1.82) is 0 Å². The molecule has 1 saturated heterocycles. The Kier molecular flexibility index (Phi) is 33.8. The summed E-state index contributed by atoms with van der Waals surface area (Å²) in [6.07, 6.45) is 25.5. The average Bonchev–Trinajstić information content (AvgIpc) is 3.20. The molecule has 0 saturated carbocycles. The van der Waals surface area contributed by atoms with E-state index in [9.17, 15) is 40.5 Å². The number of aliphatic hydroxyl groups is 7. The van der Waals surface area contributed by atoms with E-state index in [1.165, 1.54) is 122 Å². The Bertz CT molecular complexity index is 923. The first-order valence-electron chi connectivity index (χ1n) is 23.1. The first-order valence-corrected chi connectivity index (χ1v) is 23.1. The number of carbonyl (C=O) groups is 1. The van der Waals surface area contributed by atoms with Gasteiger partial charge in [0.05, 0.1) is 25.4 Å². The number of aliphatic hydroxyl groups excluding tert-OH is 7. The second kappa shape index (κ2) is 35.8. The van der Waals surface area contributed by atoms with E-state index in [-0.39, 0.29) is 12.8 Å². The Labute approximate surface area is 341 Å². The van der Waals surface area contributed by atoms with Crippen LogP contribution in [0.3, 0.4) is 0 Å². The third-order valence-corrected chi connectivity index (χ3v) is 11.3. The Morgan fingerprint density at radius 3 is 1.54 bits per heavy atom. The van der Waals surface area contributed by atoms with Gasteiger partial charge in [-0.1, -0.05) is 174 Å². The molecule has 1 fully saturated rings. The van der Waals surface area contributed by atoms with Crippen molar-refractivity contribution in [3.8, 4) is 0 Å². The van der Waals surface area contributed by atoms with Crippen LogP contribution in [0.5, 0.6) is 0 Å². The summed E-state index contributed by atoms with van der Waals surface area (Å²) in [7, 11) is 0. The standard InChI is InChI=1S/C45H87NO10/c1-3-5-7-9-11-13-15-17-18-19-20-21-23-24-26-28-30-32-37(48)40(50)36(35-55-45-43(53)42(52)41(51)39(34-47)56-45)46-44(54)38(49)33-31-29-27-25-22-16-14-12-10-8-6-4-2/h24,26,36-43,45,47-53H,3-23,25,27-35H2,1-2H3,(H,46,54)/b26-24+. The Balaban J connectivity index is 2.48. The van der Waals surface area contributed by atoms with E-state index in [2.05, 4.69) is 31.3 Å². The molecule has 0 bridgehead atoms. The molecular weight excluding hydrogens is 714 g/mol. The highest BCUT2D eigenvalue weighted by Crippen LogP contribution is 2.23. The van der Waals surface area contributed by atoms with E-state index in [0.717, 1.165) is 38.5 Å². The molecule has 1 aliphatic heterocycles. The summed E-state index contributed by atoms with van der Waals surface area (Å²) in [6, 6.07) is -1.18. The number of rotatable bonds is 38. The Morgan fingerprint density at radius 1 is 0.607 bits per heavy atom. The summed E-state index contributed by atoms with van der Waals surface area (Å²) < 4.78 is 11.1. The fourth-order valence-electron chi connectivity index (χ4n) is 7.44. The highest BCUT2D eigenvalue weighted by molar-refractivity contribution is 5.80. The second-order valence-corrected chi connectivity index (χ2v) is 16.5.